The maximum atomic E-state index is 12.2. The molecule has 0 unspecified atom stereocenters. The number of nitrogens with zero attached hydrogens (tertiary/aromatic N) is 3. The minimum Gasteiger partial charge on any atom is -0.352 e. The molecule has 1 N–H and O–H groups in total. The number of amides is 1. The summed E-state index contributed by atoms with van der Waals surface area (Å²) in [6.07, 6.45) is 1.10. The van der Waals surface area contributed by atoms with E-state index in [1.54, 1.807) is 24.3 Å². The van der Waals surface area contributed by atoms with E-state index >= 15 is 0 Å². The van der Waals surface area contributed by atoms with Crippen LogP contribution < -0.4 is 10.9 Å². The molecule has 9 heteroatoms. The molecule has 1 amide bonds. The largest absolute Gasteiger partial charge is 0.352 e. The number of hydrogen-bond acceptors (Lipinski definition) is 6. The van der Waals surface area contributed by atoms with Crippen molar-refractivity contribution in [3.63, 3.8) is 0 Å². The van der Waals surface area contributed by atoms with Crippen molar-refractivity contribution in [2.24, 2.45) is 0 Å². The van der Waals surface area contributed by atoms with Crippen LogP contribution >= 0.6 is 0 Å². The Morgan fingerprint density at radius 3 is 2.88 bits per heavy atom. The van der Waals surface area contributed by atoms with Gasteiger partial charge in [0, 0.05) is 19.0 Å². The van der Waals surface area contributed by atoms with E-state index in [0.717, 1.165) is 0 Å². The van der Waals surface area contributed by atoms with Gasteiger partial charge in [-0.25, -0.2) is 13.1 Å². The summed E-state index contributed by atoms with van der Waals surface area (Å²) in [6, 6.07) is 6.66. The van der Waals surface area contributed by atoms with E-state index in [2.05, 4.69) is 15.6 Å². The Kier molecular flexibility index (Phi) is 4.61. The molecule has 0 aliphatic carbocycles. The summed E-state index contributed by atoms with van der Waals surface area (Å²) in [6.45, 7) is 0.285. The molecule has 3 rings (SSSR count). The Labute approximate surface area is 138 Å². The topological polar surface area (TPSA) is 111 Å². The lowest BCUT2D eigenvalue weighted by molar-refractivity contribution is -0.121. The molecule has 0 radical (unpaired) electrons. The Morgan fingerprint density at radius 1 is 1.33 bits per heavy atom. The van der Waals surface area contributed by atoms with Gasteiger partial charge in [0.05, 0.1) is 16.9 Å². The van der Waals surface area contributed by atoms with Crippen LogP contribution in [0.1, 0.15) is 19.3 Å². The molecule has 1 aromatic carbocycles. The molecule has 24 heavy (non-hydrogen) atoms. The third-order valence-corrected chi connectivity index (χ3v) is 5.77. The van der Waals surface area contributed by atoms with Gasteiger partial charge in [-0.15, -0.1) is 5.10 Å². The number of benzene rings is 1. The summed E-state index contributed by atoms with van der Waals surface area (Å²) >= 11 is 0. The molecule has 8 nitrogen and oxygen atoms in total. The van der Waals surface area contributed by atoms with Gasteiger partial charge in [0.15, 0.2) is 9.84 Å². The zero-order chi connectivity index (χ0) is 17.2. The molecule has 0 saturated carbocycles. The zero-order valence-corrected chi connectivity index (χ0v) is 13.8. The Morgan fingerprint density at radius 2 is 2.12 bits per heavy atom. The van der Waals surface area contributed by atoms with Crippen LogP contribution in [0.25, 0.3) is 10.9 Å². The van der Waals surface area contributed by atoms with Gasteiger partial charge in [0.25, 0.3) is 5.56 Å². The SMILES string of the molecule is O=C(CCCn1nnc2ccccc2c1=O)N[C@@H]1CCS(=O)(=O)C1. The average molecular weight is 350 g/mol. The van der Waals surface area contributed by atoms with E-state index in [9.17, 15) is 18.0 Å². The smallest absolute Gasteiger partial charge is 0.277 e. The molecule has 2 heterocycles. The van der Waals surface area contributed by atoms with Gasteiger partial charge in [-0.3, -0.25) is 9.59 Å². The van der Waals surface area contributed by atoms with Crippen molar-refractivity contribution in [3.8, 4) is 0 Å². The molecule has 1 atom stereocenters. The van der Waals surface area contributed by atoms with Crippen molar-refractivity contribution in [1.29, 1.82) is 0 Å². The van der Waals surface area contributed by atoms with Crippen molar-refractivity contribution >= 4 is 26.6 Å². The van der Waals surface area contributed by atoms with Gasteiger partial charge in [0.1, 0.15) is 5.52 Å². The van der Waals surface area contributed by atoms with Crippen molar-refractivity contribution in [1.82, 2.24) is 20.3 Å². The Balaban J connectivity index is 1.54. The number of carbonyl (C=O) groups excluding carboxylic acids is 1. The molecule has 1 aromatic heterocycles. The minimum atomic E-state index is -3.01. The van der Waals surface area contributed by atoms with E-state index in [1.807, 2.05) is 0 Å². The van der Waals surface area contributed by atoms with E-state index in [0.29, 0.717) is 23.7 Å². The Hall–Kier alpha value is -2.29. The van der Waals surface area contributed by atoms with Gasteiger partial charge < -0.3 is 5.32 Å². The number of hydrogen-bond donors (Lipinski definition) is 1. The van der Waals surface area contributed by atoms with Crippen LogP contribution in [0.2, 0.25) is 0 Å². The molecular weight excluding hydrogens is 332 g/mol. The first-order chi connectivity index (χ1) is 11.4. The predicted octanol–water partition coefficient (Wildman–Crippen LogP) is -0.125. The van der Waals surface area contributed by atoms with Crippen LogP contribution in [0.4, 0.5) is 0 Å². The van der Waals surface area contributed by atoms with Gasteiger partial charge in [0.2, 0.25) is 5.91 Å². The molecule has 0 bridgehead atoms. The standard InChI is InChI=1S/C15H18N4O4S/c20-14(16-11-7-9-24(22,23)10-11)6-3-8-19-15(21)12-4-1-2-5-13(12)17-18-19/h1-2,4-5,11H,3,6-10H2,(H,16,20)/t11-/m1/s1. The van der Waals surface area contributed by atoms with Gasteiger partial charge in [-0.05, 0) is 25.0 Å². The van der Waals surface area contributed by atoms with Crippen LogP contribution in [-0.2, 0) is 21.2 Å². The summed E-state index contributed by atoms with van der Waals surface area (Å²) < 4.78 is 24.0. The summed E-state index contributed by atoms with van der Waals surface area (Å²) in [7, 11) is -3.01. The first-order valence-corrected chi connectivity index (χ1v) is 9.59. The minimum absolute atomic E-state index is 0.00828. The van der Waals surface area contributed by atoms with E-state index in [1.165, 1.54) is 4.68 Å². The van der Waals surface area contributed by atoms with Crippen LogP contribution in [0.5, 0.6) is 0 Å². The van der Waals surface area contributed by atoms with Crippen LogP contribution in [0, 0.1) is 0 Å². The average Bonchev–Trinajstić information content (AvgIpc) is 2.88. The normalized spacial score (nSPS) is 19.4. The molecule has 2 aromatic rings. The van der Waals surface area contributed by atoms with Crippen LogP contribution in [0.3, 0.4) is 0 Å². The lowest BCUT2D eigenvalue weighted by Gasteiger charge is -2.10. The summed E-state index contributed by atoms with van der Waals surface area (Å²) in [5.74, 6) is -0.0761. The highest BCUT2D eigenvalue weighted by molar-refractivity contribution is 7.91. The van der Waals surface area contributed by atoms with Crippen molar-refractivity contribution in [3.05, 3.63) is 34.6 Å². The van der Waals surface area contributed by atoms with Crippen LogP contribution in [0.15, 0.2) is 29.1 Å². The number of rotatable bonds is 5. The number of fused-ring (bicyclic) bond motifs is 1. The second kappa shape index (κ2) is 6.68. The number of aryl methyl sites for hydroxylation is 1. The maximum absolute atomic E-state index is 12.2. The summed E-state index contributed by atoms with van der Waals surface area (Å²) in [4.78, 5) is 24.1. The molecule has 0 spiro atoms. The lowest BCUT2D eigenvalue weighted by atomic mass is 10.2. The number of aromatic nitrogens is 3. The zero-order valence-electron chi connectivity index (χ0n) is 13.0. The van der Waals surface area contributed by atoms with E-state index < -0.39 is 9.84 Å². The fourth-order valence-corrected chi connectivity index (χ4v) is 4.44. The maximum Gasteiger partial charge on any atom is 0.277 e. The monoisotopic (exact) mass is 350 g/mol. The fourth-order valence-electron chi connectivity index (χ4n) is 2.77. The molecule has 1 aliphatic rings. The molecule has 128 valence electrons. The number of sulfone groups is 1. The number of nitrogens with one attached hydrogen (secondary N) is 1. The van der Waals surface area contributed by atoms with Gasteiger partial charge in [-0.1, -0.05) is 17.3 Å². The van der Waals surface area contributed by atoms with Gasteiger partial charge in [-0.2, -0.15) is 0 Å². The van der Waals surface area contributed by atoms with Gasteiger partial charge >= 0.3 is 0 Å². The van der Waals surface area contributed by atoms with E-state index in [-0.39, 0.29) is 42.0 Å². The lowest BCUT2D eigenvalue weighted by Crippen LogP contribution is -2.35. The van der Waals surface area contributed by atoms with Crippen molar-refractivity contribution in [2.45, 2.75) is 31.8 Å². The third-order valence-electron chi connectivity index (χ3n) is 4.00. The number of carbonyl (C=O) groups is 1. The van der Waals surface area contributed by atoms with E-state index in [4.69, 9.17) is 0 Å². The second-order valence-corrected chi connectivity index (χ2v) is 8.13. The second-order valence-electron chi connectivity index (χ2n) is 5.91. The highest BCUT2D eigenvalue weighted by atomic mass is 32.2. The quantitative estimate of drug-likeness (QED) is 0.804. The third kappa shape index (κ3) is 3.78. The fraction of sp³-hybridized carbons (Fsp3) is 0.467. The van der Waals surface area contributed by atoms with Crippen molar-refractivity contribution < 1.29 is 13.2 Å². The molecule has 1 fully saturated rings. The summed E-state index contributed by atoms with van der Waals surface area (Å²) in [5.41, 5.74) is 0.307. The highest BCUT2D eigenvalue weighted by Gasteiger charge is 2.28. The first kappa shape index (κ1) is 16.6. The summed E-state index contributed by atoms with van der Waals surface area (Å²) in [5, 5.41) is 11.1. The molecule has 1 saturated heterocycles. The first-order valence-electron chi connectivity index (χ1n) is 7.77. The Bertz CT molecular complexity index is 922. The van der Waals surface area contributed by atoms with Crippen molar-refractivity contribution in [2.75, 3.05) is 11.5 Å². The molecular formula is C15H18N4O4S. The highest BCUT2D eigenvalue weighted by Crippen LogP contribution is 2.11. The van der Waals surface area contributed by atoms with Crippen LogP contribution in [-0.4, -0.2) is 46.9 Å². The molecule has 1 aliphatic heterocycles. The predicted molar refractivity (Wildman–Crippen MR) is 88.2 cm³/mol.